The first-order valence-electron chi connectivity index (χ1n) is 6.83. The van der Waals surface area contributed by atoms with Crippen molar-refractivity contribution in [3.8, 4) is 0 Å². The van der Waals surface area contributed by atoms with Gasteiger partial charge in [0.05, 0.1) is 12.3 Å². The lowest BCUT2D eigenvalue weighted by molar-refractivity contribution is -0.139. The Morgan fingerprint density at radius 2 is 2.00 bits per heavy atom. The number of carbonyl (C=O) groups is 1. The Morgan fingerprint density at radius 3 is 2.47 bits per heavy atom. The van der Waals surface area contributed by atoms with Crippen LogP contribution in [0.4, 0.5) is 0 Å². The molecular formula is C12H24N2O4S. The van der Waals surface area contributed by atoms with Gasteiger partial charge in [-0.2, -0.15) is 0 Å². The zero-order valence-corrected chi connectivity index (χ0v) is 12.4. The second kappa shape index (κ2) is 7.21. The van der Waals surface area contributed by atoms with E-state index in [0.29, 0.717) is 25.8 Å². The summed E-state index contributed by atoms with van der Waals surface area (Å²) in [4.78, 5) is 12.6. The summed E-state index contributed by atoms with van der Waals surface area (Å²) in [5, 5.41) is 8.78. The van der Waals surface area contributed by atoms with Crippen LogP contribution in [0.5, 0.6) is 0 Å². The molecule has 0 unspecified atom stereocenters. The van der Waals surface area contributed by atoms with Crippen molar-refractivity contribution < 1.29 is 18.3 Å². The SMILES string of the molecule is CCCCS(=O)(=O)NC1CC(N(CC)CC(=O)O)C1. The minimum Gasteiger partial charge on any atom is -0.480 e. The van der Waals surface area contributed by atoms with Gasteiger partial charge < -0.3 is 5.11 Å². The molecule has 0 heterocycles. The minimum atomic E-state index is -3.17. The molecule has 0 saturated heterocycles. The van der Waals surface area contributed by atoms with Crippen LogP contribution in [0.15, 0.2) is 0 Å². The van der Waals surface area contributed by atoms with Gasteiger partial charge in [0.1, 0.15) is 0 Å². The molecule has 1 fully saturated rings. The molecule has 0 bridgehead atoms. The zero-order chi connectivity index (χ0) is 14.5. The van der Waals surface area contributed by atoms with Gasteiger partial charge in [0.15, 0.2) is 0 Å². The number of sulfonamides is 1. The lowest BCUT2D eigenvalue weighted by Gasteiger charge is -2.42. The first kappa shape index (κ1) is 16.4. The van der Waals surface area contributed by atoms with Gasteiger partial charge in [0, 0.05) is 12.1 Å². The van der Waals surface area contributed by atoms with Crippen LogP contribution in [0.2, 0.25) is 0 Å². The van der Waals surface area contributed by atoms with E-state index in [-0.39, 0.29) is 24.4 Å². The standard InChI is InChI=1S/C12H24N2O4S/c1-3-5-6-19(17,18)13-10-7-11(8-10)14(4-2)9-12(15)16/h10-11,13H,3-9H2,1-2H3,(H,15,16). The largest absolute Gasteiger partial charge is 0.480 e. The van der Waals surface area contributed by atoms with Crippen molar-refractivity contribution in [2.75, 3.05) is 18.8 Å². The quantitative estimate of drug-likeness (QED) is 0.651. The van der Waals surface area contributed by atoms with Gasteiger partial charge >= 0.3 is 5.97 Å². The van der Waals surface area contributed by atoms with Crippen LogP contribution >= 0.6 is 0 Å². The smallest absolute Gasteiger partial charge is 0.317 e. The average molecular weight is 292 g/mol. The molecule has 0 aromatic carbocycles. The molecule has 1 rings (SSSR count). The van der Waals surface area contributed by atoms with E-state index >= 15 is 0 Å². The van der Waals surface area contributed by atoms with E-state index in [1.807, 2.05) is 18.7 Å². The molecule has 19 heavy (non-hydrogen) atoms. The van der Waals surface area contributed by atoms with E-state index in [2.05, 4.69) is 4.72 Å². The number of hydrogen-bond donors (Lipinski definition) is 2. The van der Waals surface area contributed by atoms with Crippen LogP contribution in [0.25, 0.3) is 0 Å². The Kier molecular flexibility index (Phi) is 6.22. The van der Waals surface area contributed by atoms with Crippen molar-refractivity contribution in [2.45, 2.75) is 51.6 Å². The fourth-order valence-corrected chi connectivity index (χ4v) is 3.79. The maximum Gasteiger partial charge on any atom is 0.317 e. The number of hydrogen-bond acceptors (Lipinski definition) is 4. The summed E-state index contributed by atoms with van der Waals surface area (Å²) < 4.78 is 26.1. The maximum atomic E-state index is 11.7. The molecule has 0 radical (unpaired) electrons. The first-order valence-corrected chi connectivity index (χ1v) is 8.49. The predicted molar refractivity (Wildman–Crippen MR) is 73.5 cm³/mol. The number of aliphatic carboxylic acids is 1. The fourth-order valence-electron chi connectivity index (χ4n) is 2.30. The molecule has 7 heteroatoms. The number of likely N-dealkylation sites (N-methyl/N-ethyl adjacent to an activating group) is 1. The van der Waals surface area contributed by atoms with E-state index in [0.717, 1.165) is 6.42 Å². The van der Waals surface area contributed by atoms with Gasteiger partial charge in [0.25, 0.3) is 0 Å². The molecule has 0 aromatic rings. The minimum absolute atomic E-state index is 0.0243. The van der Waals surface area contributed by atoms with E-state index in [1.54, 1.807) is 0 Å². The van der Waals surface area contributed by atoms with Crippen molar-refractivity contribution in [3.05, 3.63) is 0 Å². The van der Waals surface area contributed by atoms with E-state index in [1.165, 1.54) is 0 Å². The van der Waals surface area contributed by atoms with Crippen molar-refractivity contribution in [1.29, 1.82) is 0 Å². The Bertz CT molecular complexity index is 391. The van der Waals surface area contributed by atoms with Gasteiger partial charge in [-0.15, -0.1) is 0 Å². The van der Waals surface area contributed by atoms with Gasteiger partial charge in [-0.1, -0.05) is 20.3 Å². The molecule has 2 N–H and O–H groups in total. The summed E-state index contributed by atoms with van der Waals surface area (Å²) in [6.07, 6.45) is 2.93. The number of carboxylic acid groups (broad SMARTS) is 1. The van der Waals surface area contributed by atoms with Gasteiger partial charge in [-0.25, -0.2) is 13.1 Å². The van der Waals surface area contributed by atoms with Crippen LogP contribution in [0, 0.1) is 0 Å². The van der Waals surface area contributed by atoms with Crippen LogP contribution in [-0.4, -0.2) is 55.3 Å². The van der Waals surface area contributed by atoms with Crippen molar-refractivity contribution in [2.24, 2.45) is 0 Å². The summed E-state index contributed by atoms with van der Waals surface area (Å²) in [5.41, 5.74) is 0. The molecule has 0 amide bonds. The molecule has 1 aliphatic rings. The molecule has 6 nitrogen and oxygen atoms in total. The van der Waals surface area contributed by atoms with Gasteiger partial charge in [-0.05, 0) is 25.8 Å². The van der Waals surface area contributed by atoms with Gasteiger partial charge in [0.2, 0.25) is 10.0 Å². The first-order chi connectivity index (χ1) is 8.88. The molecule has 0 aliphatic heterocycles. The van der Waals surface area contributed by atoms with Crippen molar-refractivity contribution in [3.63, 3.8) is 0 Å². The Labute approximate surface area is 115 Å². The van der Waals surface area contributed by atoms with E-state index in [4.69, 9.17) is 5.11 Å². The lowest BCUT2D eigenvalue weighted by Crippen LogP contribution is -2.55. The second-order valence-corrected chi connectivity index (χ2v) is 6.94. The Hall–Kier alpha value is -0.660. The number of rotatable bonds is 9. The summed E-state index contributed by atoms with van der Waals surface area (Å²) in [6.45, 7) is 4.57. The zero-order valence-electron chi connectivity index (χ0n) is 11.6. The summed E-state index contributed by atoms with van der Waals surface area (Å²) in [7, 11) is -3.17. The van der Waals surface area contributed by atoms with Gasteiger partial charge in [-0.3, -0.25) is 9.69 Å². The highest BCUT2D eigenvalue weighted by Crippen LogP contribution is 2.26. The molecule has 112 valence electrons. The lowest BCUT2D eigenvalue weighted by atomic mass is 9.86. The highest BCUT2D eigenvalue weighted by molar-refractivity contribution is 7.89. The number of unbranched alkanes of at least 4 members (excludes halogenated alkanes) is 1. The normalized spacial score (nSPS) is 23.3. The molecule has 0 spiro atoms. The van der Waals surface area contributed by atoms with Crippen LogP contribution in [0.3, 0.4) is 0 Å². The molecule has 1 aliphatic carbocycles. The fraction of sp³-hybridized carbons (Fsp3) is 0.917. The molecule has 1 saturated carbocycles. The highest BCUT2D eigenvalue weighted by atomic mass is 32.2. The van der Waals surface area contributed by atoms with Crippen LogP contribution < -0.4 is 4.72 Å². The third kappa shape index (κ3) is 5.46. The Balaban J connectivity index is 2.34. The van der Waals surface area contributed by atoms with Crippen molar-refractivity contribution in [1.82, 2.24) is 9.62 Å². The van der Waals surface area contributed by atoms with Crippen LogP contribution in [-0.2, 0) is 14.8 Å². The van der Waals surface area contributed by atoms with Crippen molar-refractivity contribution >= 4 is 16.0 Å². The molecule has 0 aromatic heterocycles. The Morgan fingerprint density at radius 1 is 1.37 bits per heavy atom. The second-order valence-electron chi connectivity index (χ2n) is 5.07. The topological polar surface area (TPSA) is 86.7 Å². The number of nitrogens with one attached hydrogen (secondary N) is 1. The molecular weight excluding hydrogens is 268 g/mol. The van der Waals surface area contributed by atoms with Crippen LogP contribution in [0.1, 0.15) is 39.5 Å². The molecule has 0 atom stereocenters. The number of nitrogens with zero attached hydrogens (tertiary/aromatic N) is 1. The third-order valence-corrected chi connectivity index (χ3v) is 5.01. The van der Waals surface area contributed by atoms with E-state index < -0.39 is 16.0 Å². The summed E-state index contributed by atoms with van der Waals surface area (Å²) >= 11 is 0. The van der Waals surface area contributed by atoms with E-state index in [9.17, 15) is 13.2 Å². The number of carboxylic acids is 1. The third-order valence-electron chi connectivity index (χ3n) is 3.49. The average Bonchev–Trinajstić information content (AvgIpc) is 2.28. The summed E-state index contributed by atoms with van der Waals surface area (Å²) in [6, 6.07) is 0.148. The summed E-state index contributed by atoms with van der Waals surface area (Å²) in [5.74, 6) is -0.661. The highest BCUT2D eigenvalue weighted by Gasteiger charge is 2.35. The monoisotopic (exact) mass is 292 g/mol. The predicted octanol–water partition coefficient (Wildman–Crippen LogP) is 0.643. The maximum absolute atomic E-state index is 11.7.